The molecule has 0 aliphatic carbocycles. The average Bonchev–Trinajstić information content (AvgIpc) is 2.62. The number of benzene rings is 2. The fourth-order valence-corrected chi connectivity index (χ4v) is 3.91. The van der Waals surface area contributed by atoms with Crippen molar-refractivity contribution in [2.24, 2.45) is 0 Å². The minimum atomic E-state index is -3.86. The Hall–Kier alpha value is -2.19. The fourth-order valence-electron chi connectivity index (χ4n) is 2.54. The van der Waals surface area contributed by atoms with Crippen LogP contribution in [0.2, 0.25) is 0 Å². The van der Waals surface area contributed by atoms with E-state index in [0.29, 0.717) is 30.3 Å². The monoisotopic (exact) mass is 369 g/mol. The first-order valence-corrected chi connectivity index (χ1v) is 9.07. The zero-order valence-electron chi connectivity index (χ0n) is 13.7. The third kappa shape index (κ3) is 3.32. The Labute approximate surface area is 144 Å². The molecule has 1 unspecified atom stereocenters. The Morgan fingerprint density at radius 2 is 1.68 bits per heavy atom. The molecule has 5 nitrogen and oxygen atoms in total. The van der Waals surface area contributed by atoms with Crippen LogP contribution in [0.15, 0.2) is 41.3 Å². The molecule has 25 heavy (non-hydrogen) atoms. The van der Waals surface area contributed by atoms with Crippen LogP contribution in [-0.2, 0) is 10.0 Å². The van der Waals surface area contributed by atoms with Gasteiger partial charge in [0, 0.05) is 19.2 Å². The molecule has 2 aromatic carbocycles. The van der Waals surface area contributed by atoms with Gasteiger partial charge in [-0.1, -0.05) is 6.07 Å². The molecule has 0 saturated heterocycles. The molecule has 0 amide bonds. The zero-order chi connectivity index (χ0) is 18.2. The van der Waals surface area contributed by atoms with E-state index >= 15 is 0 Å². The van der Waals surface area contributed by atoms with Gasteiger partial charge in [0.25, 0.3) is 0 Å². The second-order valence-corrected chi connectivity index (χ2v) is 7.67. The Kier molecular flexibility index (Phi) is 4.66. The molecule has 1 atom stereocenters. The highest BCUT2D eigenvalue weighted by Crippen LogP contribution is 2.34. The lowest BCUT2D eigenvalue weighted by molar-refractivity contribution is 0.171. The van der Waals surface area contributed by atoms with Crippen molar-refractivity contribution in [2.75, 3.05) is 20.3 Å². The molecule has 8 heteroatoms. The smallest absolute Gasteiger partial charge is 0.243 e. The van der Waals surface area contributed by atoms with Crippen LogP contribution in [0.3, 0.4) is 0 Å². The molecule has 0 radical (unpaired) electrons. The first-order valence-electron chi connectivity index (χ1n) is 7.63. The molecule has 0 N–H and O–H groups in total. The molecule has 0 spiro atoms. The molecular weight excluding hydrogens is 352 g/mol. The van der Waals surface area contributed by atoms with E-state index in [4.69, 9.17) is 9.47 Å². The zero-order valence-corrected chi connectivity index (χ0v) is 14.5. The minimum Gasteiger partial charge on any atom is -0.486 e. The third-order valence-corrected chi connectivity index (χ3v) is 6.09. The summed E-state index contributed by atoms with van der Waals surface area (Å²) in [7, 11) is -2.47. The first-order chi connectivity index (χ1) is 11.8. The molecule has 1 aliphatic rings. The number of hydrogen-bond acceptors (Lipinski definition) is 4. The van der Waals surface area contributed by atoms with Gasteiger partial charge < -0.3 is 9.47 Å². The number of rotatable bonds is 4. The van der Waals surface area contributed by atoms with E-state index in [2.05, 4.69) is 0 Å². The summed E-state index contributed by atoms with van der Waals surface area (Å²) in [5.41, 5.74) is 0.350. The average molecular weight is 369 g/mol. The van der Waals surface area contributed by atoms with Gasteiger partial charge >= 0.3 is 0 Å². The molecule has 134 valence electrons. The van der Waals surface area contributed by atoms with Crippen molar-refractivity contribution in [1.82, 2.24) is 4.31 Å². The summed E-state index contributed by atoms with van der Waals surface area (Å²) >= 11 is 0. The van der Waals surface area contributed by atoms with Crippen LogP contribution in [0.1, 0.15) is 18.5 Å². The van der Waals surface area contributed by atoms with E-state index in [1.54, 1.807) is 6.92 Å². The summed E-state index contributed by atoms with van der Waals surface area (Å²) < 4.78 is 64.1. The number of fused-ring (bicyclic) bond motifs is 1. The van der Waals surface area contributed by atoms with Gasteiger partial charge in [-0.05, 0) is 36.8 Å². The van der Waals surface area contributed by atoms with Gasteiger partial charge in [0.05, 0.1) is 4.90 Å². The molecule has 3 rings (SSSR count). The van der Waals surface area contributed by atoms with Crippen LogP contribution in [0.5, 0.6) is 11.5 Å². The summed E-state index contributed by atoms with van der Waals surface area (Å²) in [6.45, 7) is 2.35. The number of ether oxygens (including phenoxy) is 2. The number of sulfonamides is 1. The number of hydrogen-bond donors (Lipinski definition) is 0. The quantitative estimate of drug-likeness (QED) is 0.831. The fraction of sp³-hybridized carbons (Fsp3) is 0.294. The molecular formula is C17H17F2NO4S. The van der Waals surface area contributed by atoms with Crippen LogP contribution < -0.4 is 9.47 Å². The Morgan fingerprint density at radius 1 is 1.00 bits per heavy atom. The maximum Gasteiger partial charge on any atom is 0.243 e. The standard InChI is InChI=1S/C17H17F2NO4S/c1-11(12-3-5-14(18)15(19)9-12)20(2)25(21,22)13-4-6-16-17(10-13)24-8-7-23-16/h3-6,9-11H,7-8H2,1-2H3. The molecule has 0 fully saturated rings. The molecule has 2 aromatic rings. The van der Waals surface area contributed by atoms with Crippen molar-refractivity contribution in [1.29, 1.82) is 0 Å². The molecule has 1 heterocycles. The summed E-state index contributed by atoms with van der Waals surface area (Å²) in [6, 6.07) is 7.02. The highest BCUT2D eigenvalue weighted by molar-refractivity contribution is 7.89. The molecule has 0 saturated carbocycles. The van der Waals surface area contributed by atoms with Gasteiger partial charge in [-0.2, -0.15) is 4.31 Å². The normalized spacial score (nSPS) is 15.2. The summed E-state index contributed by atoms with van der Waals surface area (Å²) in [6.07, 6.45) is 0. The molecule has 0 bridgehead atoms. The van der Waals surface area contributed by atoms with Crippen LogP contribution in [0.25, 0.3) is 0 Å². The van der Waals surface area contributed by atoms with Crippen molar-refractivity contribution < 1.29 is 26.7 Å². The van der Waals surface area contributed by atoms with Crippen LogP contribution in [-0.4, -0.2) is 33.0 Å². The van der Waals surface area contributed by atoms with E-state index in [-0.39, 0.29) is 4.90 Å². The predicted octanol–water partition coefficient (Wildman–Crippen LogP) is 3.12. The second-order valence-electron chi connectivity index (χ2n) is 5.68. The largest absolute Gasteiger partial charge is 0.486 e. The predicted molar refractivity (Wildman–Crippen MR) is 87.2 cm³/mol. The first kappa shape index (κ1) is 17.6. The molecule has 0 aromatic heterocycles. The van der Waals surface area contributed by atoms with E-state index in [1.807, 2.05) is 0 Å². The van der Waals surface area contributed by atoms with Gasteiger partial charge in [-0.15, -0.1) is 0 Å². The van der Waals surface area contributed by atoms with E-state index in [0.717, 1.165) is 16.4 Å². The SMILES string of the molecule is CC(c1ccc(F)c(F)c1)N(C)S(=O)(=O)c1ccc2c(c1)OCCO2. The van der Waals surface area contributed by atoms with Crippen molar-refractivity contribution in [3.05, 3.63) is 53.6 Å². The topological polar surface area (TPSA) is 55.8 Å². The lowest BCUT2D eigenvalue weighted by Gasteiger charge is -2.26. The van der Waals surface area contributed by atoms with Crippen molar-refractivity contribution in [3.8, 4) is 11.5 Å². The third-order valence-electron chi connectivity index (χ3n) is 4.16. The highest BCUT2D eigenvalue weighted by atomic mass is 32.2. The van der Waals surface area contributed by atoms with Crippen LogP contribution >= 0.6 is 0 Å². The van der Waals surface area contributed by atoms with Gasteiger partial charge in [-0.25, -0.2) is 17.2 Å². The van der Waals surface area contributed by atoms with Crippen molar-refractivity contribution >= 4 is 10.0 Å². The maximum atomic E-state index is 13.4. The summed E-state index contributed by atoms with van der Waals surface area (Å²) in [5.74, 6) is -1.15. The Bertz CT molecular complexity index is 902. The minimum absolute atomic E-state index is 0.0358. The van der Waals surface area contributed by atoms with Gasteiger partial charge in [0.2, 0.25) is 10.0 Å². The number of nitrogens with zero attached hydrogens (tertiary/aromatic N) is 1. The maximum absolute atomic E-state index is 13.4. The lowest BCUT2D eigenvalue weighted by atomic mass is 10.1. The summed E-state index contributed by atoms with van der Waals surface area (Å²) in [4.78, 5) is 0.0358. The Balaban J connectivity index is 1.91. The van der Waals surface area contributed by atoms with Crippen molar-refractivity contribution in [3.63, 3.8) is 0 Å². The van der Waals surface area contributed by atoms with Crippen LogP contribution in [0, 0.1) is 11.6 Å². The highest BCUT2D eigenvalue weighted by Gasteiger charge is 2.28. The molecule has 1 aliphatic heterocycles. The second kappa shape index (κ2) is 6.61. The Morgan fingerprint density at radius 3 is 2.36 bits per heavy atom. The van der Waals surface area contributed by atoms with Gasteiger partial charge in [0.15, 0.2) is 23.1 Å². The van der Waals surface area contributed by atoms with Crippen LogP contribution in [0.4, 0.5) is 8.78 Å². The van der Waals surface area contributed by atoms with Crippen molar-refractivity contribution in [2.45, 2.75) is 17.9 Å². The lowest BCUT2D eigenvalue weighted by Crippen LogP contribution is -2.30. The van der Waals surface area contributed by atoms with E-state index in [1.165, 1.54) is 31.3 Å². The van der Waals surface area contributed by atoms with Gasteiger partial charge in [0.1, 0.15) is 13.2 Å². The van der Waals surface area contributed by atoms with E-state index in [9.17, 15) is 17.2 Å². The number of halogens is 2. The van der Waals surface area contributed by atoms with E-state index < -0.39 is 27.7 Å². The summed E-state index contributed by atoms with van der Waals surface area (Å²) in [5, 5.41) is 0. The van der Waals surface area contributed by atoms with Gasteiger partial charge in [-0.3, -0.25) is 0 Å².